The molecule has 0 aliphatic carbocycles. The van der Waals surface area contributed by atoms with Crippen LogP contribution in [0.25, 0.3) is 0 Å². The Bertz CT molecular complexity index is 587. The first-order valence-corrected chi connectivity index (χ1v) is 8.61. The molecule has 0 saturated heterocycles. The quantitative estimate of drug-likeness (QED) is 0.644. The summed E-state index contributed by atoms with van der Waals surface area (Å²) >= 11 is 0. The minimum atomic E-state index is 0.175. The number of carbonyl (C=O) groups is 2. The van der Waals surface area contributed by atoms with Crippen molar-refractivity contribution in [1.29, 1.82) is 0 Å². The molecule has 24 heavy (non-hydrogen) atoms. The van der Waals surface area contributed by atoms with E-state index in [9.17, 15) is 9.59 Å². The topological polar surface area (TPSA) is 34.1 Å². The van der Waals surface area contributed by atoms with Gasteiger partial charge < -0.3 is 9.59 Å². The smallest absolute Gasteiger partial charge is 0.120 e. The van der Waals surface area contributed by atoms with Crippen molar-refractivity contribution in [3.63, 3.8) is 0 Å². The molecule has 0 bridgehead atoms. The van der Waals surface area contributed by atoms with Crippen molar-refractivity contribution in [2.24, 2.45) is 5.92 Å². The average molecular weight is 324 g/mol. The van der Waals surface area contributed by atoms with Gasteiger partial charge >= 0.3 is 0 Å². The predicted molar refractivity (Wildman–Crippen MR) is 100 cm³/mol. The van der Waals surface area contributed by atoms with Gasteiger partial charge in [-0.2, -0.15) is 0 Å². The lowest BCUT2D eigenvalue weighted by molar-refractivity contribution is -0.109. The molecular formula is C22H28O2. The number of rotatable bonds is 7. The van der Waals surface area contributed by atoms with Crippen molar-refractivity contribution in [2.75, 3.05) is 0 Å². The number of aldehydes is 2. The lowest BCUT2D eigenvalue weighted by atomic mass is 9.89. The molecule has 2 rings (SSSR count). The predicted octanol–water partition coefficient (Wildman–Crippen LogP) is 5.34. The summed E-state index contributed by atoms with van der Waals surface area (Å²) in [5, 5.41) is 0. The molecular weight excluding hydrogens is 296 g/mol. The second-order valence-electron chi connectivity index (χ2n) is 6.19. The number of hydrogen-bond acceptors (Lipinski definition) is 2. The summed E-state index contributed by atoms with van der Waals surface area (Å²) in [6.45, 7) is 6.24. The summed E-state index contributed by atoms with van der Waals surface area (Å²) in [6, 6.07) is 18.6. The molecule has 0 radical (unpaired) electrons. The molecule has 0 fully saturated rings. The number of benzene rings is 2. The maximum Gasteiger partial charge on any atom is 0.120 e. The van der Waals surface area contributed by atoms with E-state index in [-0.39, 0.29) is 5.92 Å². The van der Waals surface area contributed by atoms with Crippen LogP contribution in [0.1, 0.15) is 55.7 Å². The zero-order chi connectivity index (χ0) is 17.8. The van der Waals surface area contributed by atoms with E-state index in [1.165, 1.54) is 16.7 Å². The average Bonchev–Trinajstić information content (AvgIpc) is 2.62. The van der Waals surface area contributed by atoms with Crippen LogP contribution < -0.4 is 0 Å². The normalized spacial score (nSPS) is 12.5. The zero-order valence-electron chi connectivity index (χ0n) is 14.9. The minimum absolute atomic E-state index is 0.175. The van der Waals surface area contributed by atoms with Gasteiger partial charge in [0.25, 0.3) is 0 Å². The fourth-order valence-corrected chi connectivity index (χ4v) is 2.38. The third-order valence-electron chi connectivity index (χ3n) is 4.21. The van der Waals surface area contributed by atoms with Crippen LogP contribution in [0.5, 0.6) is 0 Å². The maximum absolute atomic E-state index is 10.8. The Morgan fingerprint density at radius 1 is 0.833 bits per heavy atom. The Morgan fingerprint density at radius 2 is 1.38 bits per heavy atom. The first-order chi connectivity index (χ1) is 11.6. The van der Waals surface area contributed by atoms with Gasteiger partial charge in [0.05, 0.1) is 0 Å². The SMILES string of the molecule is CCC(C)CC=O.Cc1ccc(C(CC=O)c2ccccc2)cc1. The van der Waals surface area contributed by atoms with Gasteiger partial charge in [-0.05, 0) is 24.0 Å². The van der Waals surface area contributed by atoms with Crippen LogP contribution in [0.2, 0.25) is 0 Å². The van der Waals surface area contributed by atoms with Gasteiger partial charge in [-0.1, -0.05) is 80.4 Å². The Balaban J connectivity index is 0.000000351. The molecule has 0 heterocycles. The third kappa shape index (κ3) is 6.91. The van der Waals surface area contributed by atoms with Crippen molar-refractivity contribution < 1.29 is 9.59 Å². The summed E-state index contributed by atoms with van der Waals surface area (Å²) in [5.74, 6) is 0.756. The highest BCUT2D eigenvalue weighted by Crippen LogP contribution is 2.27. The number of aryl methyl sites for hydroxylation is 1. The van der Waals surface area contributed by atoms with E-state index in [1.54, 1.807) is 0 Å². The Hall–Kier alpha value is -2.22. The first kappa shape index (κ1) is 19.8. The van der Waals surface area contributed by atoms with E-state index in [4.69, 9.17) is 0 Å². The summed E-state index contributed by atoms with van der Waals surface area (Å²) in [6.07, 6.45) is 4.34. The molecule has 0 aliphatic rings. The van der Waals surface area contributed by atoms with Crippen LogP contribution in [0.3, 0.4) is 0 Å². The second kappa shape index (κ2) is 11.3. The van der Waals surface area contributed by atoms with Gasteiger partial charge in [-0.25, -0.2) is 0 Å². The molecule has 2 unspecified atom stereocenters. The minimum Gasteiger partial charge on any atom is -0.303 e. The highest BCUT2D eigenvalue weighted by Gasteiger charge is 2.12. The standard InChI is InChI=1S/C16H16O.C6H12O/c1-13-7-9-15(10-8-13)16(11-12-17)14-5-3-2-4-6-14;1-3-6(2)4-5-7/h2-10,12,16H,11H2,1H3;5-6H,3-4H2,1-2H3. The highest BCUT2D eigenvalue weighted by molar-refractivity contribution is 5.54. The van der Waals surface area contributed by atoms with E-state index >= 15 is 0 Å². The van der Waals surface area contributed by atoms with Crippen LogP contribution >= 0.6 is 0 Å². The van der Waals surface area contributed by atoms with E-state index in [1.807, 2.05) is 18.2 Å². The summed E-state index contributed by atoms with van der Waals surface area (Å²) in [5.41, 5.74) is 3.64. The Morgan fingerprint density at radius 3 is 1.83 bits per heavy atom. The maximum atomic E-state index is 10.8. The number of carbonyl (C=O) groups excluding carboxylic acids is 2. The Kier molecular flexibility index (Phi) is 9.36. The van der Waals surface area contributed by atoms with Crippen LogP contribution in [-0.4, -0.2) is 12.6 Å². The monoisotopic (exact) mass is 324 g/mol. The molecule has 2 heteroatoms. The molecule has 2 aromatic carbocycles. The fraction of sp³-hybridized carbons (Fsp3) is 0.364. The number of hydrogen-bond donors (Lipinski definition) is 0. The molecule has 0 saturated carbocycles. The third-order valence-corrected chi connectivity index (χ3v) is 4.21. The molecule has 2 nitrogen and oxygen atoms in total. The van der Waals surface area contributed by atoms with Gasteiger partial charge in [0, 0.05) is 18.8 Å². The molecule has 0 aliphatic heterocycles. The summed E-state index contributed by atoms with van der Waals surface area (Å²) in [4.78, 5) is 20.6. The fourth-order valence-electron chi connectivity index (χ4n) is 2.38. The largest absolute Gasteiger partial charge is 0.303 e. The lowest BCUT2D eigenvalue weighted by Crippen LogP contribution is -2.01. The Labute approximate surface area is 145 Å². The molecule has 128 valence electrons. The van der Waals surface area contributed by atoms with Crippen molar-refractivity contribution in [3.05, 3.63) is 71.3 Å². The van der Waals surface area contributed by atoms with Crippen molar-refractivity contribution in [3.8, 4) is 0 Å². The van der Waals surface area contributed by atoms with Crippen LogP contribution in [0.4, 0.5) is 0 Å². The summed E-state index contributed by atoms with van der Waals surface area (Å²) in [7, 11) is 0. The van der Waals surface area contributed by atoms with E-state index in [0.29, 0.717) is 12.3 Å². The van der Waals surface area contributed by atoms with E-state index < -0.39 is 0 Å². The van der Waals surface area contributed by atoms with E-state index in [2.05, 4.69) is 57.2 Å². The highest BCUT2D eigenvalue weighted by atomic mass is 16.1. The zero-order valence-corrected chi connectivity index (χ0v) is 14.9. The first-order valence-electron chi connectivity index (χ1n) is 8.61. The van der Waals surface area contributed by atoms with Crippen LogP contribution in [0.15, 0.2) is 54.6 Å². The van der Waals surface area contributed by atoms with Crippen molar-refractivity contribution >= 4 is 12.6 Å². The second-order valence-corrected chi connectivity index (χ2v) is 6.19. The van der Waals surface area contributed by atoms with Crippen LogP contribution in [-0.2, 0) is 9.59 Å². The molecule has 2 aromatic rings. The molecule has 0 amide bonds. The van der Waals surface area contributed by atoms with Gasteiger partial charge in [0.1, 0.15) is 12.6 Å². The van der Waals surface area contributed by atoms with Gasteiger partial charge in [-0.3, -0.25) is 0 Å². The molecule has 0 aromatic heterocycles. The van der Waals surface area contributed by atoms with E-state index in [0.717, 1.165) is 25.4 Å². The van der Waals surface area contributed by atoms with Crippen LogP contribution in [0, 0.1) is 12.8 Å². The van der Waals surface area contributed by atoms with Crippen molar-refractivity contribution in [2.45, 2.75) is 46.0 Å². The van der Waals surface area contributed by atoms with Gasteiger partial charge in [0.2, 0.25) is 0 Å². The van der Waals surface area contributed by atoms with Gasteiger partial charge in [-0.15, -0.1) is 0 Å². The lowest BCUT2D eigenvalue weighted by Gasteiger charge is -2.15. The van der Waals surface area contributed by atoms with Crippen molar-refractivity contribution in [1.82, 2.24) is 0 Å². The molecule has 2 atom stereocenters. The van der Waals surface area contributed by atoms with Gasteiger partial charge in [0.15, 0.2) is 0 Å². The summed E-state index contributed by atoms with van der Waals surface area (Å²) < 4.78 is 0. The molecule has 0 spiro atoms. The molecule has 0 N–H and O–H groups in total.